The van der Waals surface area contributed by atoms with Crippen LogP contribution in [0.4, 0.5) is 4.39 Å². The fourth-order valence-corrected chi connectivity index (χ4v) is 3.14. The summed E-state index contributed by atoms with van der Waals surface area (Å²) < 4.78 is 24.2. The molecule has 0 aliphatic heterocycles. The number of methoxy groups -OCH3 is 1. The number of para-hydroxylation sites is 2. The van der Waals surface area contributed by atoms with E-state index in [9.17, 15) is 18.8 Å². The Morgan fingerprint density at radius 2 is 1.62 bits per heavy atom. The van der Waals surface area contributed by atoms with E-state index in [0.29, 0.717) is 17.9 Å². The molecular formula is C22H26FN3O5S. The molecule has 0 aliphatic carbocycles. The summed E-state index contributed by atoms with van der Waals surface area (Å²) >= 11 is 1.51. The molecule has 8 nitrogen and oxygen atoms in total. The normalized spacial score (nSPS) is 12.2. The molecule has 0 fully saturated rings. The Balaban J connectivity index is 1.97. The average Bonchev–Trinajstić information content (AvgIpc) is 2.81. The molecule has 0 aromatic heterocycles. The SMILES string of the molecule is COc1ccccc1C(=O)N[C@@H](CCSC)C(=O)NNC(=O)[C@@H](C)Oc1ccccc1F. The standard InChI is InChI=1S/C22H26FN3O5S/c1-14(31-19-11-7-5-9-16(19)23)20(27)25-26-22(29)17(12-13-32-3)24-21(28)15-8-4-6-10-18(15)30-2/h4-11,14,17H,12-13H2,1-3H3,(H,24,28)(H,25,27)(H,26,29)/t14-,17+/m1/s1. The number of hydrogen-bond acceptors (Lipinski definition) is 6. The van der Waals surface area contributed by atoms with Crippen LogP contribution in [0.5, 0.6) is 11.5 Å². The van der Waals surface area contributed by atoms with E-state index in [1.54, 1.807) is 30.3 Å². The van der Waals surface area contributed by atoms with Gasteiger partial charge in [0.2, 0.25) is 0 Å². The second-order valence-electron chi connectivity index (χ2n) is 6.68. The Hall–Kier alpha value is -3.27. The Labute approximate surface area is 190 Å². The van der Waals surface area contributed by atoms with Gasteiger partial charge in [0.15, 0.2) is 17.7 Å². The molecule has 172 valence electrons. The van der Waals surface area contributed by atoms with Crippen molar-refractivity contribution in [1.29, 1.82) is 0 Å². The first-order chi connectivity index (χ1) is 15.4. The molecule has 0 unspecified atom stereocenters. The number of ether oxygens (including phenoxy) is 2. The quantitative estimate of drug-likeness (QED) is 0.467. The van der Waals surface area contributed by atoms with Crippen molar-refractivity contribution >= 4 is 29.5 Å². The first kappa shape index (κ1) is 25.0. The predicted octanol–water partition coefficient (Wildman–Crippen LogP) is 2.30. The number of carbonyl (C=O) groups excluding carboxylic acids is 3. The van der Waals surface area contributed by atoms with E-state index < -0.39 is 35.7 Å². The summed E-state index contributed by atoms with van der Waals surface area (Å²) in [5, 5.41) is 2.67. The van der Waals surface area contributed by atoms with Crippen LogP contribution < -0.4 is 25.6 Å². The molecule has 2 aromatic rings. The molecule has 0 spiro atoms. The van der Waals surface area contributed by atoms with Crippen LogP contribution in [0.2, 0.25) is 0 Å². The third-order valence-corrected chi connectivity index (χ3v) is 5.05. The van der Waals surface area contributed by atoms with Crippen molar-refractivity contribution in [3.63, 3.8) is 0 Å². The molecule has 2 rings (SSSR count). The molecule has 0 radical (unpaired) electrons. The van der Waals surface area contributed by atoms with Crippen LogP contribution in [0.1, 0.15) is 23.7 Å². The number of carbonyl (C=O) groups is 3. The second-order valence-corrected chi connectivity index (χ2v) is 7.66. The van der Waals surface area contributed by atoms with Crippen LogP contribution in [-0.4, -0.2) is 49.0 Å². The van der Waals surface area contributed by atoms with Crippen molar-refractivity contribution in [2.24, 2.45) is 0 Å². The molecule has 0 saturated carbocycles. The summed E-state index contributed by atoms with van der Waals surface area (Å²) in [6.07, 6.45) is 1.14. The summed E-state index contributed by atoms with van der Waals surface area (Å²) in [6.45, 7) is 1.42. The molecule has 0 saturated heterocycles. The lowest BCUT2D eigenvalue weighted by Crippen LogP contribution is -2.54. The summed E-state index contributed by atoms with van der Waals surface area (Å²) in [7, 11) is 1.45. The van der Waals surface area contributed by atoms with Crippen LogP contribution in [-0.2, 0) is 9.59 Å². The van der Waals surface area contributed by atoms with Crippen molar-refractivity contribution < 1.29 is 28.2 Å². The Bertz CT molecular complexity index is 943. The molecule has 0 aliphatic rings. The average molecular weight is 464 g/mol. The number of nitrogens with one attached hydrogen (secondary N) is 3. The molecule has 10 heteroatoms. The van der Waals surface area contributed by atoms with Crippen molar-refractivity contribution in [2.75, 3.05) is 19.1 Å². The summed E-state index contributed by atoms with van der Waals surface area (Å²) in [5.41, 5.74) is 4.82. The van der Waals surface area contributed by atoms with Gasteiger partial charge in [0.05, 0.1) is 12.7 Å². The molecule has 2 aromatic carbocycles. The monoisotopic (exact) mass is 463 g/mol. The lowest BCUT2D eigenvalue weighted by molar-refractivity contribution is -0.133. The molecule has 0 bridgehead atoms. The van der Waals surface area contributed by atoms with Crippen molar-refractivity contribution in [3.05, 3.63) is 59.9 Å². The number of amides is 3. The van der Waals surface area contributed by atoms with E-state index in [2.05, 4.69) is 16.2 Å². The maximum absolute atomic E-state index is 13.7. The predicted molar refractivity (Wildman–Crippen MR) is 120 cm³/mol. The van der Waals surface area contributed by atoms with E-state index in [4.69, 9.17) is 9.47 Å². The number of halogens is 1. The maximum atomic E-state index is 13.7. The highest BCUT2D eigenvalue weighted by Crippen LogP contribution is 2.18. The first-order valence-corrected chi connectivity index (χ1v) is 11.2. The van der Waals surface area contributed by atoms with Gasteiger partial charge in [0, 0.05) is 0 Å². The number of hydrazine groups is 1. The van der Waals surface area contributed by atoms with Gasteiger partial charge >= 0.3 is 0 Å². The number of hydrogen-bond donors (Lipinski definition) is 3. The molecule has 32 heavy (non-hydrogen) atoms. The molecular weight excluding hydrogens is 437 g/mol. The minimum absolute atomic E-state index is 0.0802. The van der Waals surface area contributed by atoms with E-state index in [1.807, 2.05) is 6.26 Å². The Kier molecular flexibility index (Phi) is 9.80. The van der Waals surface area contributed by atoms with Gasteiger partial charge in [-0.25, -0.2) is 4.39 Å². The summed E-state index contributed by atoms with van der Waals surface area (Å²) in [6, 6.07) is 11.4. The van der Waals surface area contributed by atoms with Gasteiger partial charge in [0.25, 0.3) is 17.7 Å². The third-order valence-electron chi connectivity index (χ3n) is 4.40. The second kappa shape index (κ2) is 12.6. The van der Waals surface area contributed by atoms with Crippen LogP contribution in [0.15, 0.2) is 48.5 Å². The van der Waals surface area contributed by atoms with Crippen LogP contribution >= 0.6 is 11.8 Å². The van der Waals surface area contributed by atoms with Gasteiger partial charge in [0.1, 0.15) is 11.8 Å². The summed E-state index contributed by atoms with van der Waals surface area (Å²) in [5.74, 6) is -1.47. The van der Waals surface area contributed by atoms with Crippen LogP contribution in [0, 0.1) is 5.82 Å². The minimum Gasteiger partial charge on any atom is -0.496 e. The Morgan fingerprint density at radius 1 is 1.00 bits per heavy atom. The Morgan fingerprint density at radius 3 is 2.28 bits per heavy atom. The van der Waals surface area contributed by atoms with Gasteiger partial charge in [-0.1, -0.05) is 24.3 Å². The van der Waals surface area contributed by atoms with Crippen LogP contribution in [0.3, 0.4) is 0 Å². The molecule has 3 N–H and O–H groups in total. The van der Waals surface area contributed by atoms with Crippen molar-refractivity contribution in [1.82, 2.24) is 16.2 Å². The van der Waals surface area contributed by atoms with Gasteiger partial charge in [-0.05, 0) is 49.6 Å². The fourth-order valence-electron chi connectivity index (χ4n) is 2.67. The van der Waals surface area contributed by atoms with E-state index in [-0.39, 0.29) is 11.3 Å². The van der Waals surface area contributed by atoms with E-state index in [1.165, 1.54) is 44.0 Å². The first-order valence-electron chi connectivity index (χ1n) is 9.81. The van der Waals surface area contributed by atoms with Gasteiger partial charge in [-0.15, -0.1) is 0 Å². The highest BCUT2D eigenvalue weighted by molar-refractivity contribution is 7.98. The summed E-state index contributed by atoms with van der Waals surface area (Å²) in [4.78, 5) is 37.5. The zero-order valence-corrected chi connectivity index (χ0v) is 18.8. The largest absolute Gasteiger partial charge is 0.496 e. The van der Waals surface area contributed by atoms with Gasteiger partial charge < -0.3 is 14.8 Å². The van der Waals surface area contributed by atoms with Gasteiger partial charge in [-0.2, -0.15) is 11.8 Å². The highest BCUT2D eigenvalue weighted by atomic mass is 32.2. The molecule has 3 amide bonds. The zero-order valence-electron chi connectivity index (χ0n) is 18.0. The van der Waals surface area contributed by atoms with E-state index in [0.717, 1.165) is 0 Å². The van der Waals surface area contributed by atoms with Gasteiger partial charge in [-0.3, -0.25) is 25.2 Å². The minimum atomic E-state index is -1.07. The van der Waals surface area contributed by atoms with Crippen LogP contribution in [0.25, 0.3) is 0 Å². The third kappa shape index (κ3) is 7.16. The molecule has 2 atom stereocenters. The number of thioether (sulfide) groups is 1. The number of benzene rings is 2. The maximum Gasteiger partial charge on any atom is 0.279 e. The van der Waals surface area contributed by atoms with Crippen molar-refractivity contribution in [2.45, 2.75) is 25.5 Å². The number of rotatable bonds is 10. The lowest BCUT2D eigenvalue weighted by atomic mass is 10.1. The lowest BCUT2D eigenvalue weighted by Gasteiger charge is -2.20. The topological polar surface area (TPSA) is 106 Å². The zero-order chi connectivity index (χ0) is 23.5. The van der Waals surface area contributed by atoms with E-state index >= 15 is 0 Å². The van der Waals surface area contributed by atoms with Crippen molar-refractivity contribution in [3.8, 4) is 11.5 Å². The highest BCUT2D eigenvalue weighted by Gasteiger charge is 2.24. The molecule has 0 heterocycles. The smallest absolute Gasteiger partial charge is 0.279 e. The fraction of sp³-hybridized carbons (Fsp3) is 0.318.